The quantitative estimate of drug-likeness (QED) is 0.682. The molecule has 12 heavy (non-hydrogen) atoms. The molecule has 0 heterocycles. The molecule has 0 aromatic carbocycles. The van der Waals surface area contributed by atoms with Crippen molar-refractivity contribution in [1.29, 1.82) is 0 Å². The third kappa shape index (κ3) is 1.89. The van der Waals surface area contributed by atoms with Crippen molar-refractivity contribution in [2.45, 2.75) is 12.6 Å². The predicted molar refractivity (Wildman–Crippen MR) is 33.8 cm³/mol. The number of hydrogen-bond donors (Lipinski definition) is 1. The van der Waals surface area contributed by atoms with Crippen LogP contribution in [0.25, 0.3) is 0 Å². The smallest absolute Gasteiger partial charge is 0.286 e. The van der Waals surface area contributed by atoms with Crippen LogP contribution in [0.1, 0.15) is 6.42 Å². The van der Waals surface area contributed by atoms with E-state index in [4.69, 9.17) is 4.55 Å². The Hall–Kier alpha value is -0.300. The van der Waals surface area contributed by atoms with E-state index in [9.17, 15) is 21.6 Å². The third-order valence-electron chi connectivity index (χ3n) is 1.70. The first kappa shape index (κ1) is 9.79. The van der Waals surface area contributed by atoms with E-state index in [0.29, 0.717) is 0 Å². The summed E-state index contributed by atoms with van der Waals surface area (Å²) in [5.74, 6) is -1.26. The minimum Gasteiger partial charge on any atom is -0.286 e. The summed E-state index contributed by atoms with van der Waals surface area (Å²) in [6.07, 6.45) is -4.08. The van der Waals surface area contributed by atoms with Gasteiger partial charge in [-0.15, -0.1) is 0 Å². The first-order chi connectivity index (χ1) is 5.16. The maximum absolute atomic E-state index is 12.0. The zero-order valence-electron chi connectivity index (χ0n) is 5.80. The molecule has 1 rings (SSSR count). The Kier molecular flexibility index (Phi) is 1.92. The molecule has 7 heteroatoms. The van der Waals surface area contributed by atoms with Gasteiger partial charge in [0, 0.05) is 0 Å². The van der Waals surface area contributed by atoms with Crippen LogP contribution < -0.4 is 0 Å². The van der Waals surface area contributed by atoms with Crippen LogP contribution in [0.2, 0.25) is 0 Å². The minimum absolute atomic E-state index is 0.337. The summed E-state index contributed by atoms with van der Waals surface area (Å²) in [7, 11) is -4.55. The summed E-state index contributed by atoms with van der Waals surface area (Å²) < 4.78 is 64.6. The van der Waals surface area contributed by atoms with Crippen molar-refractivity contribution in [3.05, 3.63) is 6.42 Å². The average Bonchev–Trinajstić information content (AvgIpc) is 2.39. The highest BCUT2D eigenvalue weighted by Gasteiger charge is 2.65. The molecule has 1 atom stereocenters. The lowest BCUT2D eigenvalue weighted by Gasteiger charge is -2.16. The van der Waals surface area contributed by atoms with Crippen molar-refractivity contribution in [1.82, 2.24) is 0 Å². The molecule has 1 radical (unpaired) electrons. The number of halogens is 3. The van der Waals surface area contributed by atoms with Gasteiger partial charge in [-0.05, 0) is 12.8 Å². The highest BCUT2D eigenvalue weighted by Crippen LogP contribution is 2.57. The van der Waals surface area contributed by atoms with E-state index in [1.807, 2.05) is 0 Å². The number of hydrogen-bond acceptors (Lipinski definition) is 2. The summed E-state index contributed by atoms with van der Waals surface area (Å²) in [5.41, 5.74) is -2.29. The van der Waals surface area contributed by atoms with Crippen LogP contribution >= 0.6 is 0 Å². The van der Waals surface area contributed by atoms with Gasteiger partial charge in [0.15, 0.2) is 0 Å². The van der Waals surface area contributed by atoms with E-state index in [1.165, 1.54) is 0 Å². The van der Waals surface area contributed by atoms with Crippen molar-refractivity contribution in [2.24, 2.45) is 5.41 Å². The SMILES string of the molecule is O=S(=O)(O)CC1(C(F)(F)F)[CH]C1. The van der Waals surface area contributed by atoms with Crippen molar-refractivity contribution in [3.63, 3.8) is 0 Å². The van der Waals surface area contributed by atoms with Gasteiger partial charge in [-0.1, -0.05) is 0 Å². The Morgan fingerprint density at radius 1 is 1.50 bits per heavy atom. The van der Waals surface area contributed by atoms with Crippen molar-refractivity contribution < 1.29 is 26.1 Å². The molecular weight excluding hydrogens is 197 g/mol. The number of rotatable bonds is 2. The van der Waals surface area contributed by atoms with Crippen LogP contribution in [-0.2, 0) is 10.1 Å². The molecule has 1 unspecified atom stereocenters. The Morgan fingerprint density at radius 3 is 2.00 bits per heavy atom. The van der Waals surface area contributed by atoms with Crippen molar-refractivity contribution in [3.8, 4) is 0 Å². The molecule has 0 bridgehead atoms. The third-order valence-corrected chi connectivity index (χ3v) is 2.58. The fourth-order valence-corrected chi connectivity index (χ4v) is 1.93. The highest BCUT2D eigenvalue weighted by atomic mass is 32.2. The summed E-state index contributed by atoms with van der Waals surface area (Å²) >= 11 is 0. The summed E-state index contributed by atoms with van der Waals surface area (Å²) in [6, 6.07) is 0. The average molecular weight is 203 g/mol. The van der Waals surface area contributed by atoms with Crippen LogP contribution in [0.3, 0.4) is 0 Å². The number of alkyl halides is 3. The van der Waals surface area contributed by atoms with E-state index in [0.717, 1.165) is 6.42 Å². The van der Waals surface area contributed by atoms with E-state index < -0.39 is 27.5 Å². The first-order valence-electron chi connectivity index (χ1n) is 3.03. The Morgan fingerprint density at radius 2 is 1.92 bits per heavy atom. The second-order valence-corrected chi connectivity index (χ2v) is 4.24. The fourth-order valence-electron chi connectivity index (χ4n) is 0.880. The van der Waals surface area contributed by atoms with Crippen molar-refractivity contribution in [2.75, 3.05) is 5.75 Å². The predicted octanol–water partition coefficient (Wildman–Crippen LogP) is 1.03. The van der Waals surface area contributed by atoms with Crippen molar-refractivity contribution >= 4 is 10.1 Å². The van der Waals surface area contributed by atoms with Gasteiger partial charge < -0.3 is 0 Å². The van der Waals surface area contributed by atoms with Crippen LogP contribution in [0, 0.1) is 11.8 Å². The van der Waals surface area contributed by atoms with Gasteiger partial charge in [-0.2, -0.15) is 21.6 Å². The normalized spacial score (nSPS) is 22.3. The van der Waals surface area contributed by atoms with Gasteiger partial charge in [0.25, 0.3) is 10.1 Å². The van der Waals surface area contributed by atoms with Gasteiger partial charge in [0.2, 0.25) is 0 Å². The Labute approximate surface area is 67.3 Å². The second-order valence-electron chi connectivity index (χ2n) is 2.79. The molecule has 1 aliphatic carbocycles. The topological polar surface area (TPSA) is 54.4 Å². The molecule has 0 spiro atoms. The molecule has 0 aromatic rings. The second kappa shape index (κ2) is 2.35. The maximum atomic E-state index is 12.0. The molecule has 1 N–H and O–H groups in total. The lowest BCUT2D eigenvalue weighted by atomic mass is 10.1. The van der Waals surface area contributed by atoms with Crippen LogP contribution in [-0.4, -0.2) is 24.9 Å². The largest absolute Gasteiger partial charge is 0.395 e. The zero-order valence-corrected chi connectivity index (χ0v) is 6.61. The fraction of sp³-hybridized carbons (Fsp3) is 0.800. The lowest BCUT2D eigenvalue weighted by molar-refractivity contribution is -0.175. The minimum atomic E-state index is -4.58. The first-order valence-corrected chi connectivity index (χ1v) is 4.63. The molecule has 0 amide bonds. The molecule has 1 fully saturated rings. The Balaban J connectivity index is 2.76. The zero-order chi connectivity index (χ0) is 9.62. The molecule has 1 saturated carbocycles. The molecule has 71 valence electrons. The van der Waals surface area contributed by atoms with Crippen LogP contribution in [0.5, 0.6) is 0 Å². The molecule has 3 nitrogen and oxygen atoms in total. The van der Waals surface area contributed by atoms with E-state index >= 15 is 0 Å². The van der Waals surface area contributed by atoms with Gasteiger partial charge >= 0.3 is 6.18 Å². The van der Waals surface area contributed by atoms with Crippen LogP contribution in [0.15, 0.2) is 0 Å². The molecule has 0 aromatic heterocycles. The molecule has 1 aliphatic rings. The van der Waals surface area contributed by atoms with Gasteiger partial charge in [0.05, 0.1) is 11.2 Å². The van der Waals surface area contributed by atoms with E-state index in [1.54, 1.807) is 0 Å². The van der Waals surface area contributed by atoms with Gasteiger partial charge in [-0.3, -0.25) is 4.55 Å². The molecule has 0 saturated heterocycles. The molecular formula is C5H6F3O3S. The van der Waals surface area contributed by atoms with Gasteiger partial charge in [-0.25, -0.2) is 0 Å². The standard InChI is InChI=1S/C5H6F3O3S/c6-5(7,8)4(1-2-4)3-12(9,10)11/h1H,2-3H2,(H,9,10,11). The molecule has 0 aliphatic heterocycles. The maximum Gasteiger partial charge on any atom is 0.395 e. The monoisotopic (exact) mass is 203 g/mol. The Bertz CT molecular complexity index is 275. The highest BCUT2D eigenvalue weighted by molar-refractivity contribution is 7.85. The van der Waals surface area contributed by atoms with E-state index in [-0.39, 0.29) is 6.42 Å². The summed E-state index contributed by atoms with van der Waals surface area (Å²) in [5, 5.41) is 0. The summed E-state index contributed by atoms with van der Waals surface area (Å²) in [6.45, 7) is 0. The van der Waals surface area contributed by atoms with Gasteiger partial charge in [0.1, 0.15) is 0 Å². The van der Waals surface area contributed by atoms with E-state index in [2.05, 4.69) is 0 Å². The summed E-state index contributed by atoms with van der Waals surface area (Å²) in [4.78, 5) is 0. The lowest BCUT2D eigenvalue weighted by Crippen LogP contribution is -2.31. The van der Waals surface area contributed by atoms with Crippen LogP contribution in [0.4, 0.5) is 13.2 Å².